The maximum absolute atomic E-state index is 4.69. The van der Waals surface area contributed by atoms with Crippen LogP contribution in [0.3, 0.4) is 0 Å². The fourth-order valence-electron chi connectivity index (χ4n) is 3.02. The van der Waals surface area contributed by atoms with Gasteiger partial charge < -0.3 is 8.97 Å². The summed E-state index contributed by atoms with van der Waals surface area (Å²) in [5, 5.41) is 12.1. The lowest BCUT2D eigenvalue weighted by Crippen LogP contribution is -2.03. The molecule has 0 aliphatic heterocycles. The minimum absolute atomic E-state index is 0.569. The van der Waals surface area contributed by atoms with E-state index in [1.165, 1.54) is 17.7 Å². The molecule has 4 aromatic heterocycles. The van der Waals surface area contributed by atoms with Crippen molar-refractivity contribution in [3.63, 3.8) is 0 Å². The van der Waals surface area contributed by atoms with Crippen LogP contribution in [-0.4, -0.2) is 24.1 Å². The number of halogens is 1. The molecule has 0 spiro atoms. The van der Waals surface area contributed by atoms with Gasteiger partial charge in [-0.25, -0.2) is 4.98 Å². The molecule has 0 bridgehead atoms. The van der Waals surface area contributed by atoms with E-state index in [1.807, 2.05) is 22.7 Å². The predicted molar refractivity (Wildman–Crippen MR) is 108 cm³/mol. The van der Waals surface area contributed by atoms with E-state index >= 15 is 0 Å². The number of pyridine rings is 1. The molecule has 0 unspecified atom stereocenters. The maximum atomic E-state index is 4.69. The van der Waals surface area contributed by atoms with Crippen molar-refractivity contribution in [3.05, 3.63) is 62.9 Å². The Hall–Kier alpha value is -1.64. The van der Waals surface area contributed by atoms with E-state index in [9.17, 15) is 0 Å². The number of rotatable bonds is 6. The third kappa shape index (κ3) is 3.33. The average molecular weight is 446 g/mol. The molecule has 0 atom stereocenters. The van der Waals surface area contributed by atoms with Gasteiger partial charge in [-0.15, -0.1) is 21.5 Å². The Balaban J connectivity index is 1.37. The molecule has 0 amide bonds. The van der Waals surface area contributed by atoms with Crippen molar-refractivity contribution in [2.45, 2.75) is 36.2 Å². The number of imidazole rings is 1. The van der Waals surface area contributed by atoms with Crippen LogP contribution < -0.4 is 0 Å². The summed E-state index contributed by atoms with van der Waals surface area (Å²) in [6.45, 7) is 0. The van der Waals surface area contributed by atoms with Crippen molar-refractivity contribution in [2.75, 3.05) is 0 Å². The second kappa shape index (κ2) is 6.83. The molecule has 1 fully saturated rings. The number of hydrogen-bond acceptors (Lipinski definition) is 5. The Morgan fingerprint density at radius 2 is 2.12 bits per heavy atom. The van der Waals surface area contributed by atoms with Crippen molar-refractivity contribution in [3.8, 4) is 0 Å². The molecule has 0 aromatic carbocycles. The second-order valence-corrected chi connectivity index (χ2v) is 9.28. The Morgan fingerprint density at radius 1 is 1.19 bits per heavy atom. The van der Waals surface area contributed by atoms with Crippen LogP contribution >= 0.6 is 39.0 Å². The summed E-state index contributed by atoms with van der Waals surface area (Å²) < 4.78 is 5.44. The standard InChI is InChI=1S/C18H16BrN5S2/c19-12-3-6-16-20-13(10-23(16)9-12)11-26-18-22-21-17(24(18)14-4-5-14)8-15-2-1-7-25-15/h1-3,6-7,9-10,14H,4-5,8,11H2. The molecular weight excluding hydrogens is 430 g/mol. The molecule has 4 aromatic rings. The van der Waals surface area contributed by atoms with E-state index in [2.05, 4.69) is 54.4 Å². The molecule has 0 saturated heterocycles. The molecule has 26 heavy (non-hydrogen) atoms. The van der Waals surface area contributed by atoms with Crippen LogP contribution in [0.15, 0.2) is 51.7 Å². The molecule has 1 saturated carbocycles. The van der Waals surface area contributed by atoms with Gasteiger partial charge in [-0.3, -0.25) is 0 Å². The second-order valence-electron chi connectivity index (χ2n) is 6.39. The fraction of sp³-hybridized carbons (Fsp3) is 0.278. The first-order valence-electron chi connectivity index (χ1n) is 8.48. The van der Waals surface area contributed by atoms with Crippen LogP contribution in [0.25, 0.3) is 5.65 Å². The van der Waals surface area contributed by atoms with Gasteiger partial charge in [0.05, 0.1) is 5.69 Å². The number of nitrogens with zero attached hydrogens (tertiary/aromatic N) is 5. The van der Waals surface area contributed by atoms with Crippen LogP contribution in [0, 0.1) is 0 Å². The smallest absolute Gasteiger partial charge is 0.191 e. The predicted octanol–water partition coefficient (Wildman–Crippen LogP) is 4.97. The zero-order valence-corrected chi connectivity index (χ0v) is 17.1. The first kappa shape index (κ1) is 16.5. The molecule has 0 radical (unpaired) electrons. The van der Waals surface area contributed by atoms with Crippen molar-refractivity contribution in [1.29, 1.82) is 0 Å². The number of thioether (sulfide) groups is 1. The van der Waals surface area contributed by atoms with Gasteiger partial charge in [0, 0.05) is 40.0 Å². The lowest BCUT2D eigenvalue weighted by molar-refractivity contribution is 0.635. The van der Waals surface area contributed by atoms with Gasteiger partial charge in [0.25, 0.3) is 0 Å². The summed E-state index contributed by atoms with van der Waals surface area (Å²) >= 11 is 7.01. The third-order valence-corrected chi connectivity index (χ3v) is 6.70. The molecule has 1 aliphatic rings. The van der Waals surface area contributed by atoms with Gasteiger partial charge in [0.15, 0.2) is 5.16 Å². The fourth-order valence-corrected chi connectivity index (χ4v) is 4.98. The van der Waals surface area contributed by atoms with E-state index in [0.717, 1.165) is 39.0 Å². The lowest BCUT2D eigenvalue weighted by atomic mass is 10.3. The highest BCUT2D eigenvalue weighted by Crippen LogP contribution is 2.39. The number of hydrogen-bond donors (Lipinski definition) is 0. The molecule has 8 heteroatoms. The topological polar surface area (TPSA) is 48.0 Å². The van der Waals surface area contributed by atoms with E-state index in [-0.39, 0.29) is 0 Å². The first-order chi connectivity index (χ1) is 12.8. The van der Waals surface area contributed by atoms with E-state index in [1.54, 1.807) is 23.1 Å². The third-order valence-electron chi connectivity index (χ3n) is 4.37. The normalized spacial score (nSPS) is 14.3. The molecule has 132 valence electrons. The highest BCUT2D eigenvalue weighted by molar-refractivity contribution is 9.10. The zero-order chi connectivity index (χ0) is 17.5. The van der Waals surface area contributed by atoms with Gasteiger partial charge >= 0.3 is 0 Å². The highest BCUT2D eigenvalue weighted by atomic mass is 79.9. The van der Waals surface area contributed by atoms with Crippen molar-refractivity contribution in [2.24, 2.45) is 0 Å². The molecule has 4 heterocycles. The van der Waals surface area contributed by atoms with Gasteiger partial charge in [0.2, 0.25) is 0 Å². The van der Waals surface area contributed by atoms with E-state index < -0.39 is 0 Å². The summed E-state index contributed by atoms with van der Waals surface area (Å²) in [6, 6.07) is 8.86. The number of thiophene rings is 1. The molecule has 5 nitrogen and oxygen atoms in total. The summed E-state index contributed by atoms with van der Waals surface area (Å²) in [7, 11) is 0. The van der Waals surface area contributed by atoms with Crippen LogP contribution in [0.4, 0.5) is 0 Å². The van der Waals surface area contributed by atoms with Crippen LogP contribution in [-0.2, 0) is 12.2 Å². The molecular formula is C18H16BrN5S2. The van der Waals surface area contributed by atoms with Crippen molar-refractivity contribution in [1.82, 2.24) is 24.1 Å². The van der Waals surface area contributed by atoms with Crippen LogP contribution in [0.1, 0.15) is 35.3 Å². The maximum Gasteiger partial charge on any atom is 0.191 e. The number of fused-ring (bicyclic) bond motifs is 1. The summed E-state index contributed by atoms with van der Waals surface area (Å²) in [5.41, 5.74) is 2.02. The van der Waals surface area contributed by atoms with E-state index in [4.69, 9.17) is 4.98 Å². The van der Waals surface area contributed by atoms with Gasteiger partial charge in [-0.1, -0.05) is 17.8 Å². The molecule has 1 aliphatic carbocycles. The summed E-state index contributed by atoms with van der Waals surface area (Å²) in [5.74, 6) is 1.87. The van der Waals surface area contributed by atoms with Gasteiger partial charge in [-0.05, 0) is 52.4 Å². The number of aromatic nitrogens is 5. The minimum Gasteiger partial charge on any atom is -0.306 e. The van der Waals surface area contributed by atoms with Gasteiger partial charge in [-0.2, -0.15) is 0 Å². The Labute approximate surface area is 167 Å². The summed E-state index contributed by atoms with van der Waals surface area (Å²) in [6.07, 6.45) is 7.43. The van der Waals surface area contributed by atoms with Crippen molar-refractivity contribution < 1.29 is 0 Å². The SMILES string of the molecule is Brc1ccc2nc(CSc3nnc(Cc4cccs4)n3C3CC3)cn2c1. The highest BCUT2D eigenvalue weighted by Gasteiger charge is 2.29. The monoisotopic (exact) mass is 445 g/mol. The molecule has 5 rings (SSSR count). The van der Waals surface area contributed by atoms with Gasteiger partial charge in [0.1, 0.15) is 11.5 Å². The van der Waals surface area contributed by atoms with E-state index in [0.29, 0.717) is 6.04 Å². The lowest BCUT2D eigenvalue weighted by Gasteiger charge is -2.07. The molecule has 0 N–H and O–H groups in total. The van der Waals surface area contributed by atoms with Crippen LogP contribution in [0.2, 0.25) is 0 Å². The largest absolute Gasteiger partial charge is 0.306 e. The summed E-state index contributed by atoms with van der Waals surface area (Å²) in [4.78, 5) is 6.03. The average Bonchev–Trinajstić information content (AvgIpc) is 3.04. The van der Waals surface area contributed by atoms with Crippen molar-refractivity contribution >= 4 is 44.7 Å². The minimum atomic E-state index is 0.569. The Bertz CT molecular complexity index is 1050. The Morgan fingerprint density at radius 3 is 2.92 bits per heavy atom. The Kier molecular flexibility index (Phi) is 4.34. The zero-order valence-electron chi connectivity index (χ0n) is 13.9. The first-order valence-corrected chi connectivity index (χ1v) is 11.1. The van der Waals surface area contributed by atoms with Crippen LogP contribution in [0.5, 0.6) is 0 Å². The quantitative estimate of drug-likeness (QED) is 0.393.